The number of rotatable bonds is 8. The van der Waals surface area contributed by atoms with Gasteiger partial charge in [-0.05, 0) is 57.0 Å². The number of piperidine rings is 1. The maximum Gasteiger partial charge on any atom is 0.223 e. The first-order chi connectivity index (χ1) is 12.3. The molecule has 1 amide bonds. The van der Waals surface area contributed by atoms with Gasteiger partial charge in [-0.15, -0.1) is 12.4 Å². The van der Waals surface area contributed by atoms with Crippen LogP contribution in [-0.2, 0) is 19.4 Å². The number of ether oxygens (including phenoxy) is 1. The third-order valence-electron chi connectivity index (χ3n) is 4.63. The summed E-state index contributed by atoms with van der Waals surface area (Å²) < 4.78 is 43.8. The number of sulfone groups is 1. The second-order valence-corrected chi connectivity index (χ2v) is 8.97. The Labute approximate surface area is 166 Å². The third kappa shape index (κ3) is 6.71. The first-order valence-electron chi connectivity index (χ1n) is 8.93. The van der Waals surface area contributed by atoms with E-state index in [1.807, 2.05) is 0 Å². The Bertz CT molecular complexity index is 692. The van der Waals surface area contributed by atoms with E-state index in [2.05, 4.69) is 0 Å². The van der Waals surface area contributed by atoms with Crippen molar-refractivity contribution in [1.29, 1.82) is 0 Å². The number of nitrogens with two attached hydrogens (primary N) is 1. The van der Waals surface area contributed by atoms with Crippen LogP contribution in [-0.4, -0.2) is 56.8 Å². The number of benzene rings is 1. The van der Waals surface area contributed by atoms with Crippen LogP contribution in [0.3, 0.4) is 0 Å². The van der Waals surface area contributed by atoms with Crippen LogP contribution in [0, 0.1) is 5.82 Å². The van der Waals surface area contributed by atoms with Crippen LogP contribution < -0.4 is 5.73 Å². The number of carbonyl (C=O) groups excluding carboxylic acids is 1. The Morgan fingerprint density at radius 2 is 1.89 bits per heavy atom. The van der Waals surface area contributed by atoms with Crippen LogP contribution in [0.15, 0.2) is 29.2 Å². The van der Waals surface area contributed by atoms with Gasteiger partial charge in [0.2, 0.25) is 5.91 Å². The summed E-state index contributed by atoms with van der Waals surface area (Å²) in [5, 5.41) is -0.862. The molecule has 0 saturated carbocycles. The van der Waals surface area contributed by atoms with Gasteiger partial charge in [0, 0.05) is 26.1 Å². The maximum atomic E-state index is 13.0. The summed E-state index contributed by atoms with van der Waals surface area (Å²) in [6, 6.07) is 4.68. The lowest BCUT2D eigenvalue weighted by Gasteiger charge is -2.32. The van der Waals surface area contributed by atoms with Gasteiger partial charge in [-0.2, -0.15) is 0 Å². The summed E-state index contributed by atoms with van der Waals surface area (Å²) in [7, 11) is -3.67. The highest BCUT2D eigenvalue weighted by molar-refractivity contribution is 7.92. The van der Waals surface area contributed by atoms with Crippen LogP contribution in [0.5, 0.6) is 0 Å². The van der Waals surface area contributed by atoms with Gasteiger partial charge < -0.3 is 15.4 Å². The molecule has 1 aliphatic heterocycles. The molecule has 1 unspecified atom stereocenters. The molecule has 1 heterocycles. The molecule has 1 atom stereocenters. The topological polar surface area (TPSA) is 89.7 Å². The van der Waals surface area contributed by atoms with Crippen molar-refractivity contribution >= 4 is 28.2 Å². The van der Waals surface area contributed by atoms with Gasteiger partial charge in [0.1, 0.15) is 5.82 Å². The van der Waals surface area contributed by atoms with E-state index in [4.69, 9.17) is 10.5 Å². The summed E-state index contributed by atoms with van der Waals surface area (Å²) >= 11 is 0. The number of nitrogens with zero attached hydrogens (tertiary/aromatic N) is 1. The van der Waals surface area contributed by atoms with Crippen molar-refractivity contribution in [3.05, 3.63) is 30.1 Å². The first kappa shape index (κ1) is 23.8. The maximum absolute atomic E-state index is 13.0. The molecule has 2 N–H and O–H groups in total. The molecule has 2 rings (SSSR count). The van der Waals surface area contributed by atoms with Gasteiger partial charge in [-0.1, -0.05) is 0 Å². The molecular weight excluding hydrogens is 395 g/mol. The molecule has 6 nitrogen and oxygen atoms in total. The molecule has 9 heteroatoms. The predicted molar refractivity (Wildman–Crippen MR) is 104 cm³/mol. The number of amides is 1. The minimum atomic E-state index is -3.67. The van der Waals surface area contributed by atoms with Crippen molar-refractivity contribution in [3.8, 4) is 0 Å². The van der Waals surface area contributed by atoms with E-state index in [0.29, 0.717) is 26.2 Å². The molecule has 0 bridgehead atoms. The van der Waals surface area contributed by atoms with E-state index in [0.717, 1.165) is 31.4 Å². The first-order valence-corrected chi connectivity index (χ1v) is 10.5. The summed E-state index contributed by atoms with van der Waals surface area (Å²) in [5.74, 6) is -0.673. The average molecular weight is 423 g/mol. The molecule has 1 aromatic carbocycles. The number of carbonyl (C=O) groups is 1. The second-order valence-electron chi connectivity index (χ2n) is 6.61. The number of hydrogen-bond donors (Lipinski definition) is 1. The average Bonchev–Trinajstić information content (AvgIpc) is 2.62. The smallest absolute Gasteiger partial charge is 0.223 e. The lowest BCUT2D eigenvalue weighted by Crippen LogP contribution is -2.42. The van der Waals surface area contributed by atoms with Gasteiger partial charge in [0.25, 0.3) is 0 Å². The molecule has 0 aromatic heterocycles. The van der Waals surface area contributed by atoms with Crippen molar-refractivity contribution < 1.29 is 22.3 Å². The minimum Gasteiger partial charge on any atom is -0.378 e. The molecule has 154 valence electrons. The molecule has 1 saturated heterocycles. The Morgan fingerprint density at radius 1 is 1.30 bits per heavy atom. The molecule has 1 fully saturated rings. The fraction of sp³-hybridized carbons (Fsp3) is 0.611. The normalized spacial score (nSPS) is 16.6. The van der Waals surface area contributed by atoms with E-state index >= 15 is 0 Å². The SMILES string of the molecule is CC(CC(=O)N1CCC(OCCCN)CC1)S(=O)(=O)c1ccc(F)cc1.Cl. The van der Waals surface area contributed by atoms with E-state index in [1.54, 1.807) is 4.90 Å². The molecule has 1 aliphatic rings. The highest BCUT2D eigenvalue weighted by Crippen LogP contribution is 2.21. The predicted octanol–water partition coefficient (Wildman–Crippen LogP) is 2.16. The zero-order chi connectivity index (χ0) is 19.2. The van der Waals surface area contributed by atoms with Gasteiger partial charge in [-0.25, -0.2) is 12.8 Å². The largest absolute Gasteiger partial charge is 0.378 e. The lowest BCUT2D eigenvalue weighted by atomic mass is 10.1. The van der Waals surface area contributed by atoms with Crippen molar-refractivity contribution in [1.82, 2.24) is 4.90 Å². The van der Waals surface area contributed by atoms with E-state index in [9.17, 15) is 17.6 Å². The van der Waals surface area contributed by atoms with Gasteiger partial charge in [0.15, 0.2) is 9.84 Å². The van der Waals surface area contributed by atoms with Gasteiger partial charge >= 0.3 is 0 Å². The monoisotopic (exact) mass is 422 g/mol. The summed E-state index contributed by atoms with van der Waals surface area (Å²) in [6.45, 7) is 3.87. The number of hydrogen-bond acceptors (Lipinski definition) is 5. The Morgan fingerprint density at radius 3 is 2.44 bits per heavy atom. The molecule has 0 radical (unpaired) electrons. The van der Waals surface area contributed by atoms with E-state index in [-0.39, 0.29) is 35.7 Å². The fourth-order valence-corrected chi connectivity index (χ4v) is 4.29. The molecule has 27 heavy (non-hydrogen) atoms. The quantitative estimate of drug-likeness (QED) is 0.512. The second kappa shape index (κ2) is 10.9. The standard InChI is InChI=1S/C18H27FN2O4S.ClH/c1-14(26(23,24)17-5-3-15(19)4-6-17)13-18(22)21-10-7-16(8-11-21)25-12-2-9-20;/h3-6,14,16H,2,7-13,20H2,1H3;1H. The van der Waals surface area contributed by atoms with Gasteiger partial charge in [0.05, 0.1) is 16.2 Å². The fourth-order valence-electron chi connectivity index (χ4n) is 2.95. The minimum absolute atomic E-state index is 0. The van der Waals surface area contributed by atoms with Gasteiger partial charge in [-0.3, -0.25) is 4.79 Å². The van der Waals surface area contributed by atoms with Crippen molar-refractivity contribution in [3.63, 3.8) is 0 Å². The van der Waals surface area contributed by atoms with Crippen LogP contribution in [0.2, 0.25) is 0 Å². The Balaban J connectivity index is 0.00000364. The van der Waals surface area contributed by atoms with Crippen LogP contribution >= 0.6 is 12.4 Å². The van der Waals surface area contributed by atoms with Crippen LogP contribution in [0.4, 0.5) is 4.39 Å². The molecule has 0 spiro atoms. The van der Waals surface area contributed by atoms with E-state index < -0.39 is 20.9 Å². The van der Waals surface area contributed by atoms with Crippen LogP contribution in [0.1, 0.15) is 32.6 Å². The van der Waals surface area contributed by atoms with E-state index in [1.165, 1.54) is 19.1 Å². The van der Waals surface area contributed by atoms with Crippen molar-refractivity contribution in [2.24, 2.45) is 5.73 Å². The summed E-state index contributed by atoms with van der Waals surface area (Å²) in [5.41, 5.74) is 5.44. The zero-order valence-electron chi connectivity index (χ0n) is 15.5. The molecule has 0 aliphatic carbocycles. The zero-order valence-corrected chi connectivity index (χ0v) is 17.1. The summed E-state index contributed by atoms with van der Waals surface area (Å²) in [6.07, 6.45) is 2.35. The Kier molecular flexibility index (Phi) is 9.66. The number of halogens is 2. The van der Waals surface area contributed by atoms with Crippen LogP contribution in [0.25, 0.3) is 0 Å². The third-order valence-corrected chi connectivity index (χ3v) is 6.79. The lowest BCUT2D eigenvalue weighted by molar-refractivity contribution is -0.133. The highest BCUT2D eigenvalue weighted by atomic mass is 35.5. The molecular formula is C18H28ClFN2O4S. The molecule has 1 aromatic rings. The highest BCUT2D eigenvalue weighted by Gasteiger charge is 2.29. The number of likely N-dealkylation sites (tertiary alicyclic amines) is 1. The van der Waals surface area contributed by atoms with Crippen molar-refractivity contribution in [2.45, 2.75) is 48.9 Å². The Hall–Kier alpha value is -1.22. The van der Waals surface area contributed by atoms with Crippen molar-refractivity contribution in [2.75, 3.05) is 26.2 Å². The summed E-state index contributed by atoms with van der Waals surface area (Å²) in [4.78, 5) is 14.2.